The molecule has 0 aromatic rings. The Morgan fingerprint density at radius 1 is 1.23 bits per heavy atom. The summed E-state index contributed by atoms with van der Waals surface area (Å²) >= 11 is 0. The van der Waals surface area contributed by atoms with Crippen LogP contribution < -0.4 is 5.73 Å². The van der Waals surface area contributed by atoms with E-state index in [9.17, 15) is 4.79 Å². The summed E-state index contributed by atoms with van der Waals surface area (Å²) in [5, 5.41) is 8.78. The second-order valence-corrected chi connectivity index (χ2v) is 2.44. The quantitative estimate of drug-likeness (QED) is 0.606. The number of rotatable bonds is 5. The van der Waals surface area contributed by atoms with Crippen LogP contribution in [0.4, 0.5) is 4.79 Å². The van der Waals surface area contributed by atoms with Crippen LogP contribution in [0.15, 0.2) is 0 Å². The molecule has 0 saturated carbocycles. The highest BCUT2D eigenvalue weighted by Gasteiger charge is 2.12. The maximum atomic E-state index is 10.2. The first kappa shape index (κ1) is 12.2. The Bertz CT molecular complexity index is 161. The second kappa shape index (κ2) is 5.74. The first-order chi connectivity index (χ1) is 5.91. The molecule has 0 aliphatic carbocycles. The normalized spacial score (nSPS) is 17.5. The summed E-state index contributed by atoms with van der Waals surface area (Å²) in [5.41, 5.74) is 4.74. The van der Waals surface area contributed by atoms with E-state index >= 15 is 0 Å². The molecule has 0 aromatic carbocycles. The predicted octanol–water partition coefficient (Wildman–Crippen LogP) is 0.145. The van der Waals surface area contributed by atoms with E-state index < -0.39 is 25.0 Å². The Kier molecular flexibility index (Phi) is 5.36. The number of carbonyl (C=O) groups is 1. The Morgan fingerprint density at radius 3 is 2.15 bits per heavy atom. The number of hydrogen-bond donors (Lipinski definition) is 2. The highest BCUT2D eigenvalue weighted by Crippen LogP contribution is 2.02. The van der Waals surface area contributed by atoms with Crippen molar-refractivity contribution in [2.45, 2.75) is 39.6 Å². The molecule has 1 amide bonds. The van der Waals surface area contributed by atoms with Crippen molar-refractivity contribution in [3.8, 4) is 0 Å². The second-order valence-electron chi connectivity index (χ2n) is 2.44. The van der Waals surface area contributed by atoms with Gasteiger partial charge in [-0.3, -0.25) is 0 Å². The fourth-order valence-corrected chi connectivity index (χ4v) is 0.771. The molecule has 0 aliphatic rings. The van der Waals surface area contributed by atoms with Crippen molar-refractivity contribution in [3.05, 3.63) is 0 Å². The number of aliphatic hydroxyl groups is 1. The van der Waals surface area contributed by atoms with Gasteiger partial charge >= 0.3 is 6.09 Å². The maximum Gasteiger partial charge on any atom is 0.406 e. The molecule has 0 bridgehead atoms. The lowest BCUT2D eigenvalue weighted by atomic mass is 10.6. The fourth-order valence-electron chi connectivity index (χ4n) is 0.771. The highest BCUT2D eigenvalue weighted by atomic mass is 16.8. The lowest BCUT2D eigenvalue weighted by Gasteiger charge is -2.19. The average molecular weight is 193 g/mol. The number of aliphatic hydroxyl groups excluding tert-OH is 1. The third kappa shape index (κ3) is 7.51. The van der Waals surface area contributed by atoms with Gasteiger partial charge in [0.15, 0.2) is 12.6 Å². The van der Waals surface area contributed by atoms with Gasteiger partial charge in [-0.15, -0.1) is 0 Å². The largest absolute Gasteiger partial charge is 0.420 e. The van der Waals surface area contributed by atoms with Crippen LogP contribution in [0.25, 0.3) is 0 Å². The third-order valence-corrected chi connectivity index (χ3v) is 1.05. The molecule has 0 radical (unpaired) electrons. The molecule has 0 fully saturated rings. The number of primary amides is 1. The van der Waals surface area contributed by atoms with Gasteiger partial charge in [-0.1, -0.05) is 0 Å². The molecule has 0 saturated heterocycles. The Hall–Kier alpha value is -0.850. The number of nitrogens with two attached hydrogens (primary N) is 1. The molecule has 0 heterocycles. The van der Waals surface area contributed by atoms with Crippen LogP contribution in [0.2, 0.25) is 0 Å². The van der Waals surface area contributed by atoms with E-state index in [1.165, 1.54) is 13.8 Å². The van der Waals surface area contributed by atoms with Crippen LogP contribution in [0.5, 0.6) is 0 Å². The van der Waals surface area contributed by atoms with Crippen molar-refractivity contribution in [1.82, 2.24) is 0 Å². The summed E-state index contributed by atoms with van der Waals surface area (Å²) in [5.74, 6) is 0. The van der Waals surface area contributed by atoms with E-state index in [-0.39, 0.29) is 0 Å². The van der Waals surface area contributed by atoms with E-state index in [0.29, 0.717) is 0 Å². The molecule has 6 nitrogen and oxygen atoms in total. The molecule has 13 heavy (non-hydrogen) atoms. The number of carbonyl (C=O) groups excluding carboxylic acids is 1. The molecule has 3 atom stereocenters. The lowest BCUT2D eigenvalue weighted by molar-refractivity contribution is -0.258. The minimum atomic E-state index is -0.934. The zero-order valence-corrected chi connectivity index (χ0v) is 7.89. The Morgan fingerprint density at radius 2 is 1.77 bits per heavy atom. The number of amides is 1. The molecule has 3 N–H and O–H groups in total. The summed E-state index contributed by atoms with van der Waals surface area (Å²) in [6, 6.07) is 0. The van der Waals surface area contributed by atoms with Gasteiger partial charge < -0.3 is 25.1 Å². The van der Waals surface area contributed by atoms with Crippen LogP contribution in [0, 0.1) is 0 Å². The summed E-state index contributed by atoms with van der Waals surface area (Å²) in [6.07, 6.45) is -3.33. The van der Waals surface area contributed by atoms with Crippen LogP contribution >= 0.6 is 0 Å². The minimum absolute atomic E-state index is 0.672. The van der Waals surface area contributed by atoms with Gasteiger partial charge in [-0.2, -0.15) is 0 Å². The van der Waals surface area contributed by atoms with Gasteiger partial charge in [0.1, 0.15) is 0 Å². The lowest BCUT2D eigenvalue weighted by Crippen LogP contribution is -2.28. The Balaban J connectivity index is 3.64. The molecule has 0 spiro atoms. The summed E-state index contributed by atoms with van der Waals surface area (Å²) in [7, 11) is 0. The van der Waals surface area contributed by atoms with E-state index in [0.717, 1.165) is 0 Å². The smallest absolute Gasteiger partial charge is 0.406 e. The maximum absolute atomic E-state index is 10.2. The molecule has 78 valence electrons. The van der Waals surface area contributed by atoms with E-state index in [1.807, 2.05) is 0 Å². The molecule has 0 rings (SSSR count). The van der Waals surface area contributed by atoms with Crippen molar-refractivity contribution in [3.63, 3.8) is 0 Å². The fraction of sp³-hybridized carbons (Fsp3) is 0.857. The SMILES string of the molecule is CC(O)OC(C)OC(C)OC(N)=O. The van der Waals surface area contributed by atoms with Gasteiger partial charge in [0.2, 0.25) is 6.29 Å². The molecule has 3 unspecified atom stereocenters. The molecule has 6 heteroatoms. The molecular weight excluding hydrogens is 178 g/mol. The standard InChI is InChI=1S/C7H15NO5/c1-4(9)11-5(2)12-6(3)13-7(8)10/h4-6,9H,1-3H3,(H2,8,10). The van der Waals surface area contributed by atoms with Crippen LogP contribution in [-0.2, 0) is 14.2 Å². The molecule has 0 aliphatic heterocycles. The van der Waals surface area contributed by atoms with Crippen LogP contribution in [-0.4, -0.2) is 30.1 Å². The first-order valence-corrected chi connectivity index (χ1v) is 3.87. The van der Waals surface area contributed by atoms with E-state index in [4.69, 9.17) is 20.3 Å². The summed E-state index contributed by atoms with van der Waals surface area (Å²) in [4.78, 5) is 10.2. The van der Waals surface area contributed by atoms with E-state index in [2.05, 4.69) is 4.74 Å². The van der Waals surface area contributed by atoms with Crippen molar-refractivity contribution < 1.29 is 24.1 Å². The number of ether oxygens (including phenoxy) is 3. The van der Waals surface area contributed by atoms with Gasteiger partial charge in [-0.25, -0.2) is 4.79 Å². The van der Waals surface area contributed by atoms with Gasteiger partial charge in [0, 0.05) is 0 Å². The highest BCUT2D eigenvalue weighted by molar-refractivity contribution is 5.64. The predicted molar refractivity (Wildman–Crippen MR) is 43.4 cm³/mol. The van der Waals surface area contributed by atoms with Crippen LogP contribution in [0.3, 0.4) is 0 Å². The molecular formula is C7H15NO5. The van der Waals surface area contributed by atoms with Crippen molar-refractivity contribution in [2.75, 3.05) is 0 Å². The molecule has 0 aromatic heterocycles. The van der Waals surface area contributed by atoms with E-state index in [1.54, 1.807) is 6.92 Å². The topological polar surface area (TPSA) is 91.0 Å². The summed E-state index contributed by atoms with van der Waals surface area (Å²) < 4.78 is 14.2. The zero-order chi connectivity index (χ0) is 10.4. The summed E-state index contributed by atoms with van der Waals surface area (Å²) in [6.45, 7) is 4.50. The third-order valence-electron chi connectivity index (χ3n) is 1.05. The van der Waals surface area contributed by atoms with Crippen LogP contribution in [0.1, 0.15) is 20.8 Å². The van der Waals surface area contributed by atoms with Crippen molar-refractivity contribution in [1.29, 1.82) is 0 Å². The minimum Gasteiger partial charge on any atom is -0.420 e. The van der Waals surface area contributed by atoms with Crippen molar-refractivity contribution in [2.24, 2.45) is 5.73 Å². The van der Waals surface area contributed by atoms with Gasteiger partial charge in [-0.05, 0) is 20.8 Å². The Labute approximate surface area is 76.6 Å². The monoisotopic (exact) mass is 193 g/mol. The number of hydrogen-bond acceptors (Lipinski definition) is 5. The van der Waals surface area contributed by atoms with Crippen molar-refractivity contribution >= 4 is 6.09 Å². The van der Waals surface area contributed by atoms with Gasteiger partial charge in [0.25, 0.3) is 0 Å². The zero-order valence-electron chi connectivity index (χ0n) is 7.89. The first-order valence-electron chi connectivity index (χ1n) is 3.87. The van der Waals surface area contributed by atoms with Gasteiger partial charge in [0.05, 0.1) is 0 Å². The average Bonchev–Trinajstić information content (AvgIpc) is 1.80.